The van der Waals surface area contributed by atoms with Crippen molar-refractivity contribution in [2.75, 3.05) is 26.3 Å². The Balaban J connectivity index is 2.41. The molecule has 0 atom stereocenters. The second-order valence-electron chi connectivity index (χ2n) is 3.69. The third kappa shape index (κ3) is 4.93. The van der Waals surface area contributed by atoms with Crippen molar-refractivity contribution < 1.29 is 15.0 Å². The van der Waals surface area contributed by atoms with E-state index in [1.54, 1.807) is 12.4 Å². The van der Waals surface area contributed by atoms with E-state index in [-0.39, 0.29) is 32.2 Å². The zero-order valence-electron chi connectivity index (χ0n) is 9.75. The molecule has 2 N–H and O–H groups in total. The molecule has 5 nitrogen and oxygen atoms in total. The number of carbonyl (C=O) groups excluding carboxylic acids is 1. The number of aliphatic hydroxyl groups is 2. The van der Waals surface area contributed by atoms with Crippen LogP contribution < -0.4 is 0 Å². The molecule has 0 aliphatic heterocycles. The van der Waals surface area contributed by atoms with Crippen molar-refractivity contribution in [1.29, 1.82) is 0 Å². The van der Waals surface area contributed by atoms with Gasteiger partial charge in [-0.3, -0.25) is 9.78 Å². The molecule has 0 aliphatic rings. The van der Waals surface area contributed by atoms with Crippen LogP contribution in [-0.4, -0.2) is 52.3 Å². The number of hydrogen-bond donors (Lipinski definition) is 2. The normalized spacial score (nSPS) is 10.2. The molecule has 0 aromatic carbocycles. The average molecular weight is 238 g/mol. The highest BCUT2D eigenvalue weighted by Gasteiger charge is 2.11. The molecular weight excluding hydrogens is 220 g/mol. The van der Waals surface area contributed by atoms with Gasteiger partial charge < -0.3 is 15.1 Å². The van der Waals surface area contributed by atoms with Crippen LogP contribution in [0.25, 0.3) is 0 Å². The summed E-state index contributed by atoms with van der Waals surface area (Å²) in [5.74, 6) is -0.0584. The number of aryl methyl sites for hydroxylation is 1. The molecule has 0 radical (unpaired) electrons. The predicted molar refractivity (Wildman–Crippen MR) is 63.3 cm³/mol. The van der Waals surface area contributed by atoms with E-state index in [1.165, 1.54) is 4.90 Å². The molecule has 0 bridgehead atoms. The maximum absolute atomic E-state index is 11.8. The third-order valence-corrected chi connectivity index (χ3v) is 2.44. The minimum Gasteiger partial charge on any atom is -0.395 e. The Morgan fingerprint density at radius 2 is 2.00 bits per heavy atom. The molecule has 94 valence electrons. The Kier molecular flexibility index (Phi) is 6.21. The molecule has 1 amide bonds. The van der Waals surface area contributed by atoms with Gasteiger partial charge in [0.2, 0.25) is 5.91 Å². The fraction of sp³-hybridized carbons (Fsp3) is 0.500. The smallest absolute Gasteiger partial charge is 0.223 e. The molecule has 1 aromatic heterocycles. The van der Waals surface area contributed by atoms with Gasteiger partial charge in [-0.05, 0) is 18.1 Å². The molecule has 1 heterocycles. The minimum atomic E-state index is -0.0847. The van der Waals surface area contributed by atoms with Gasteiger partial charge in [0.05, 0.1) is 13.2 Å². The quantitative estimate of drug-likeness (QED) is 0.691. The van der Waals surface area contributed by atoms with Crippen LogP contribution in [0.2, 0.25) is 0 Å². The summed E-state index contributed by atoms with van der Waals surface area (Å²) < 4.78 is 0. The fourth-order valence-corrected chi connectivity index (χ4v) is 1.56. The summed E-state index contributed by atoms with van der Waals surface area (Å²) in [5.41, 5.74) is 1.01. The van der Waals surface area contributed by atoms with Gasteiger partial charge in [0, 0.05) is 31.9 Å². The second kappa shape index (κ2) is 7.76. The van der Waals surface area contributed by atoms with E-state index >= 15 is 0 Å². The molecule has 1 rings (SSSR count). The lowest BCUT2D eigenvalue weighted by atomic mass is 10.1. The summed E-state index contributed by atoms with van der Waals surface area (Å²) in [4.78, 5) is 17.2. The zero-order valence-corrected chi connectivity index (χ0v) is 9.75. The Bertz CT molecular complexity index is 324. The van der Waals surface area contributed by atoms with Gasteiger partial charge in [0.25, 0.3) is 0 Å². The molecule has 0 unspecified atom stereocenters. The zero-order chi connectivity index (χ0) is 12.5. The molecule has 17 heavy (non-hydrogen) atoms. The van der Waals surface area contributed by atoms with E-state index in [2.05, 4.69) is 4.98 Å². The number of hydrogen-bond acceptors (Lipinski definition) is 4. The molecule has 5 heteroatoms. The first-order valence-corrected chi connectivity index (χ1v) is 5.66. The van der Waals surface area contributed by atoms with Crippen molar-refractivity contribution in [3.8, 4) is 0 Å². The third-order valence-electron chi connectivity index (χ3n) is 2.44. The van der Waals surface area contributed by atoms with E-state index in [9.17, 15) is 4.79 Å². The number of carbonyl (C=O) groups is 1. The van der Waals surface area contributed by atoms with Gasteiger partial charge in [-0.15, -0.1) is 0 Å². The summed E-state index contributed by atoms with van der Waals surface area (Å²) in [5, 5.41) is 17.6. The first kappa shape index (κ1) is 13.6. The first-order chi connectivity index (χ1) is 8.27. The van der Waals surface area contributed by atoms with Gasteiger partial charge >= 0.3 is 0 Å². The van der Waals surface area contributed by atoms with Crippen LogP contribution in [-0.2, 0) is 11.2 Å². The SMILES string of the molecule is O=C(CCc1cccnc1)N(CCO)CCO. The molecule has 0 fully saturated rings. The topological polar surface area (TPSA) is 73.7 Å². The Morgan fingerprint density at radius 1 is 1.29 bits per heavy atom. The summed E-state index contributed by atoms with van der Waals surface area (Å²) >= 11 is 0. The van der Waals surface area contributed by atoms with Crippen LogP contribution >= 0.6 is 0 Å². The number of nitrogens with zero attached hydrogens (tertiary/aromatic N) is 2. The highest BCUT2D eigenvalue weighted by atomic mass is 16.3. The van der Waals surface area contributed by atoms with Crippen LogP contribution in [0.1, 0.15) is 12.0 Å². The fourth-order valence-electron chi connectivity index (χ4n) is 1.56. The molecular formula is C12H18N2O3. The van der Waals surface area contributed by atoms with Crippen LogP contribution in [0.15, 0.2) is 24.5 Å². The van der Waals surface area contributed by atoms with Crippen molar-refractivity contribution in [3.05, 3.63) is 30.1 Å². The summed E-state index contributed by atoms with van der Waals surface area (Å²) in [7, 11) is 0. The number of rotatable bonds is 7. The molecule has 1 aromatic rings. The maximum Gasteiger partial charge on any atom is 0.223 e. The Labute approximate surface area is 101 Å². The van der Waals surface area contributed by atoms with Crippen molar-refractivity contribution in [2.45, 2.75) is 12.8 Å². The van der Waals surface area contributed by atoms with Gasteiger partial charge in [-0.25, -0.2) is 0 Å². The van der Waals surface area contributed by atoms with Crippen molar-refractivity contribution in [1.82, 2.24) is 9.88 Å². The molecule has 0 saturated heterocycles. The first-order valence-electron chi connectivity index (χ1n) is 5.66. The van der Waals surface area contributed by atoms with Crippen LogP contribution in [0, 0.1) is 0 Å². The number of pyridine rings is 1. The second-order valence-corrected chi connectivity index (χ2v) is 3.69. The monoisotopic (exact) mass is 238 g/mol. The van der Waals surface area contributed by atoms with E-state index in [4.69, 9.17) is 10.2 Å². The van der Waals surface area contributed by atoms with Gasteiger partial charge in [0.1, 0.15) is 0 Å². The lowest BCUT2D eigenvalue weighted by Gasteiger charge is -2.20. The predicted octanol–water partition coefficient (Wildman–Crippen LogP) is -0.173. The van der Waals surface area contributed by atoms with Gasteiger partial charge in [-0.1, -0.05) is 6.07 Å². The van der Waals surface area contributed by atoms with Gasteiger partial charge in [-0.2, -0.15) is 0 Å². The van der Waals surface area contributed by atoms with Crippen molar-refractivity contribution in [3.63, 3.8) is 0 Å². The Hall–Kier alpha value is -1.46. The average Bonchev–Trinajstić information content (AvgIpc) is 2.37. The van der Waals surface area contributed by atoms with E-state index in [1.807, 2.05) is 12.1 Å². The van der Waals surface area contributed by atoms with E-state index in [0.29, 0.717) is 12.8 Å². The van der Waals surface area contributed by atoms with Crippen molar-refractivity contribution in [2.24, 2.45) is 0 Å². The van der Waals surface area contributed by atoms with Crippen LogP contribution in [0.5, 0.6) is 0 Å². The highest BCUT2D eigenvalue weighted by Crippen LogP contribution is 2.03. The maximum atomic E-state index is 11.8. The summed E-state index contributed by atoms with van der Waals surface area (Å²) in [6, 6.07) is 3.75. The number of aliphatic hydroxyl groups excluding tert-OH is 2. The van der Waals surface area contributed by atoms with E-state index < -0.39 is 0 Å². The van der Waals surface area contributed by atoms with Gasteiger partial charge in [0.15, 0.2) is 0 Å². The highest BCUT2D eigenvalue weighted by molar-refractivity contribution is 5.76. The molecule has 0 spiro atoms. The molecule has 0 aliphatic carbocycles. The standard InChI is InChI=1S/C12H18N2O3/c15-8-6-14(7-9-16)12(17)4-3-11-2-1-5-13-10-11/h1-2,5,10,15-16H,3-4,6-9H2. The van der Waals surface area contributed by atoms with Crippen molar-refractivity contribution >= 4 is 5.91 Å². The summed E-state index contributed by atoms with van der Waals surface area (Å²) in [6.07, 6.45) is 4.41. The number of aromatic nitrogens is 1. The molecule has 0 saturated carbocycles. The van der Waals surface area contributed by atoms with Crippen LogP contribution in [0.3, 0.4) is 0 Å². The number of amides is 1. The lowest BCUT2D eigenvalue weighted by molar-refractivity contribution is -0.132. The lowest BCUT2D eigenvalue weighted by Crippen LogP contribution is -2.35. The Morgan fingerprint density at radius 3 is 2.53 bits per heavy atom. The van der Waals surface area contributed by atoms with Crippen LogP contribution in [0.4, 0.5) is 0 Å². The minimum absolute atomic E-state index is 0.0584. The summed E-state index contributed by atoms with van der Waals surface area (Å²) in [6.45, 7) is 0.371. The van der Waals surface area contributed by atoms with E-state index in [0.717, 1.165) is 5.56 Å². The largest absolute Gasteiger partial charge is 0.395 e.